The van der Waals surface area contributed by atoms with Crippen molar-refractivity contribution in [3.05, 3.63) is 59.2 Å². The molecule has 0 fully saturated rings. The predicted octanol–water partition coefficient (Wildman–Crippen LogP) is 3.89. The number of hydrogen-bond acceptors (Lipinski definition) is 3. The van der Waals surface area contributed by atoms with Crippen molar-refractivity contribution in [1.82, 2.24) is 5.32 Å². The molecule has 0 spiro atoms. The van der Waals surface area contributed by atoms with Gasteiger partial charge in [0, 0.05) is 0 Å². The van der Waals surface area contributed by atoms with E-state index in [0.717, 1.165) is 12.0 Å². The molecule has 4 heteroatoms. The zero-order chi connectivity index (χ0) is 16.8. The topological polar surface area (TPSA) is 47.6 Å². The van der Waals surface area contributed by atoms with Gasteiger partial charge in [-0.2, -0.15) is 0 Å². The first-order chi connectivity index (χ1) is 11.1. The van der Waals surface area contributed by atoms with Crippen LogP contribution in [0.3, 0.4) is 0 Å². The van der Waals surface area contributed by atoms with E-state index < -0.39 is 0 Å². The number of benzene rings is 2. The lowest BCUT2D eigenvalue weighted by Crippen LogP contribution is -2.28. The second-order valence-electron chi connectivity index (χ2n) is 5.38. The van der Waals surface area contributed by atoms with Crippen molar-refractivity contribution in [3.8, 4) is 11.5 Å². The molecule has 0 heterocycles. The largest absolute Gasteiger partial charge is 0.496 e. The Kier molecular flexibility index (Phi) is 5.63. The number of amides is 1. The van der Waals surface area contributed by atoms with Crippen molar-refractivity contribution < 1.29 is 14.3 Å². The third kappa shape index (κ3) is 3.83. The van der Waals surface area contributed by atoms with Crippen LogP contribution >= 0.6 is 0 Å². The molecule has 23 heavy (non-hydrogen) atoms. The molecule has 4 nitrogen and oxygen atoms in total. The second kappa shape index (κ2) is 7.68. The minimum Gasteiger partial charge on any atom is -0.496 e. The van der Waals surface area contributed by atoms with Crippen LogP contribution in [0, 0.1) is 6.92 Å². The third-order valence-corrected chi connectivity index (χ3v) is 3.85. The van der Waals surface area contributed by atoms with Gasteiger partial charge in [-0.3, -0.25) is 4.79 Å². The number of ether oxygens (including phenoxy) is 2. The Labute approximate surface area is 137 Å². The highest BCUT2D eigenvalue weighted by molar-refractivity contribution is 6.00. The average Bonchev–Trinajstić information content (AvgIpc) is 2.59. The van der Waals surface area contributed by atoms with Gasteiger partial charge in [0.1, 0.15) is 17.1 Å². The van der Waals surface area contributed by atoms with Gasteiger partial charge in [0.05, 0.1) is 20.3 Å². The lowest BCUT2D eigenvalue weighted by Gasteiger charge is -2.19. The van der Waals surface area contributed by atoms with Gasteiger partial charge in [-0.1, -0.05) is 42.8 Å². The monoisotopic (exact) mass is 313 g/mol. The van der Waals surface area contributed by atoms with Crippen molar-refractivity contribution in [2.75, 3.05) is 14.2 Å². The summed E-state index contributed by atoms with van der Waals surface area (Å²) in [7, 11) is 3.09. The molecule has 0 aliphatic carbocycles. The first-order valence-electron chi connectivity index (χ1n) is 7.69. The molecule has 1 atom stereocenters. The SMILES string of the molecule is CCC(NC(=O)c1c(OC)cccc1OC)c1ccc(C)cc1. The fraction of sp³-hybridized carbons (Fsp3) is 0.316. The highest BCUT2D eigenvalue weighted by Gasteiger charge is 2.21. The van der Waals surface area contributed by atoms with Crippen LogP contribution in [-0.2, 0) is 0 Å². The number of nitrogens with one attached hydrogen (secondary N) is 1. The van der Waals surface area contributed by atoms with Gasteiger partial charge in [-0.15, -0.1) is 0 Å². The quantitative estimate of drug-likeness (QED) is 0.880. The van der Waals surface area contributed by atoms with E-state index in [0.29, 0.717) is 17.1 Å². The predicted molar refractivity (Wildman–Crippen MR) is 91.2 cm³/mol. The lowest BCUT2D eigenvalue weighted by molar-refractivity contribution is 0.0929. The standard InChI is InChI=1S/C19H23NO3/c1-5-15(14-11-9-13(2)10-12-14)20-19(21)18-16(22-3)7-6-8-17(18)23-4/h6-12,15H,5H2,1-4H3,(H,20,21). The van der Waals surface area contributed by atoms with Gasteiger partial charge in [-0.25, -0.2) is 0 Å². The van der Waals surface area contributed by atoms with Crippen LogP contribution in [0.1, 0.15) is 40.9 Å². The maximum Gasteiger partial charge on any atom is 0.259 e. The van der Waals surface area contributed by atoms with Gasteiger partial charge < -0.3 is 14.8 Å². The smallest absolute Gasteiger partial charge is 0.259 e. The van der Waals surface area contributed by atoms with Crippen LogP contribution in [0.2, 0.25) is 0 Å². The molecule has 0 saturated carbocycles. The summed E-state index contributed by atoms with van der Waals surface area (Å²) in [6, 6.07) is 13.4. The summed E-state index contributed by atoms with van der Waals surface area (Å²) in [6.45, 7) is 4.09. The maximum atomic E-state index is 12.7. The van der Waals surface area contributed by atoms with E-state index in [2.05, 4.69) is 5.32 Å². The van der Waals surface area contributed by atoms with Crippen LogP contribution in [0.25, 0.3) is 0 Å². The summed E-state index contributed by atoms with van der Waals surface area (Å²) in [4.78, 5) is 12.7. The van der Waals surface area contributed by atoms with E-state index in [1.807, 2.05) is 38.1 Å². The molecule has 0 aromatic heterocycles. The Morgan fingerprint density at radius 3 is 2.09 bits per heavy atom. The van der Waals surface area contributed by atoms with E-state index in [-0.39, 0.29) is 11.9 Å². The third-order valence-electron chi connectivity index (χ3n) is 3.85. The summed E-state index contributed by atoms with van der Waals surface area (Å²) < 4.78 is 10.6. The Morgan fingerprint density at radius 2 is 1.61 bits per heavy atom. The van der Waals surface area contributed by atoms with E-state index >= 15 is 0 Å². The number of methoxy groups -OCH3 is 2. The number of hydrogen-bond donors (Lipinski definition) is 1. The summed E-state index contributed by atoms with van der Waals surface area (Å²) in [5, 5.41) is 3.07. The molecule has 2 aromatic carbocycles. The van der Waals surface area contributed by atoms with Crippen LogP contribution in [0.5, 0.6) is 11.5 Å². The minimum absolute atomic E-state index is 0.0577. The molecule has 0 aliphatic heterocycles. The fourth-order valence-electron chi connectivity index (χ4n) is 2.53. The molecular formula is C19H23NO3. The Hall–Kier alpha value is -2.49. The second-order valence-corrected chi connectivity index (χ2v) is 5.38. The van der Waals surface area contributed by atoms with Crippen molar-refractivity contribution in [2.45, 2.75) is 26.3 Å². The molecule has 1 N–H and O–H groups in total. The molecular weight excluding hydrogens is 290 g/mol. The Bertz CT molecular complexity index is 643. The molecule has 1 unspecified atom stereocenters. The number of aryl methyl sites for hydroxylation is 1. The first-order valence-corrected chi connectivity index (χ1v) is 7.69. The van der Waals surface area contributed by atoms with E-state index in [1.54, 1.807) is 32.4 Å². The zero-order valence-electron chi connectivity index (χ0n) is 14.1. The van der Waals surface area contributed by atoms with Crippen molar-refractivity contribution >= 4 is 5.91 Å². The molecule has 0 aliphatic rings. The molecule has 0 bridgehead atoms. The maximum absolute atomic E-state index is 12.7. The van der Waals surface area contributed by atoms with Gasteiger partial charge in [0.2, 0.25) is 0 Å². The molecule has 122 valence electrons. The van der Waals surface area contributed by atoms with E-state index in [9.17, 15) is 4.79 Å². The van der Waals surface area contributed by atoms with Gasteiger partial charge in [0.25, 0.3) is 5.91 Å². The molecule has 0 saturated heterocycles. The number of rotatable bonds is 6. The van der Waals surface area contributed by atoms with Crippen molar-refractivity contribution in [1.29, 1.82) is 0 Å². The van der Waals surface area contributed by atoms with Gasteiger partial charge >= 0.3 is 0 Å². The molecule has 1 amide bonds. The summed E-state index contributed by atoms with van der Waals surface area (Å²) in [5.74, 6) is 0.799. The summed E-state index contributed by atoms with van der Waals surface area (Å²) >= 11 is 0. The minimum atomic E-state index is -0.202. The van der Waals surface area contributed by atoms with E-state index in [4.69, 9.17) is 9.47 Å². The Balaban J connectivity index is 2.28. The van der Waals surface area contributed by atoms with Crippen LogP contribution in [0.15, 0.2) is 42.5 Å². The van der Waals surface area contributed by atoms with Gasteiger partial charge in [-0.05, 0) is 31.0 Å². The van der Waals surface area contributed by atoms with Crippen LogP contribution in [-0.4, -0.2) is 20.1 Å². The molecule has 2 rings (SSSR count). The van der Waals surface area contributed by atoms with Crippen molar-refractivity contribution in [2.24, 2.45) is 0 Å². The lowest BCUT2D eigenvalue weighted by atomic mass is 10.0. The fourth-order valence-corrected chi connectivity index (χ4v) is 2.53. The molecule has 0 radical (unpaired) electrons. The van der Waals surface area contributed by atoms with Gasteiger partial charge in [0.15, 0.2) is 0 Å². The Morgan fingerprint density at radius 1 is 1.04 bits per heavy atom. The van der Waals surface area contributed by atoms with Crippen molar-refractivity contribution in [3.63, 3.8) is 0 Å². The van der Waals surface area contributed by atoms with Crippen LogP contribution in [0.4, 0.5) is 0 Å². The highest BCUT2D eigenvalue weighted by atomic mass is 16.5. The summed E-state index contributed by atoms with van der Waals surface area (Å²) in [5.41, 5.74) is 2.70. The molecule has 2 aromatic rings. The summed E-state index contributed by atoms with van der Waals surface area (Å²) in [6.07, 6.45) is 0.798. The number of carbonyl (C=O) groups is 1. The zero-order valence-corrected chi connectivity index (χ0v) is 14.1. The normalized spacial score (nSPS) is 11.7. The number of carbonyl (C=O) groups excluding carboxylic acids is 1. The highest BCUT2D eigenvalue weighted by Crippen LogP contribution is 2.29. The van der Waals surface area contributed by atoms with Crippen LogP contribution < -0.4 is 14.8 Å². The first kappa shape index (κ1) is 16.9. The average molecular weight is 313 g/mol. The van der Waals surface area contributed by atoms with E-state index in [1.165, 1.54) is 5.56 Å².